The second-order valence-corrected chi connectivity index (χ2v) is 8.78. The van der Waals surface area contributed by atoms with Gasteiger partial charge in [0.2, 0.25) is 0 Å². The number of esters is 1. The van der Waals surface area contributed by atoms with E-state index >= 15 is 0 Å². The number of thiophene rings is 1. The largest absolute Gasteiger partial charge is 0.448 e. The van der Waals surface area contributed by atoms with Crippen molar-refractivity contribution in [3.8, 4) is 0 Å². The van der Waals surface area contributed by atoms with Crippen molar-refractivity contribution >= 4 is 55.0 Å². The monoisotopic (exact) mass is 475 g/mol. The van der Waals surface area contributed by atoms with Crippen LogP contribution < -0.4 is 10.9 Å². The second kappa shape index (κ2) is 7.72. The Kier molecular flexibility index (Phi) is 5.26. The minimum atomic E-state index is -0.991. The van der Waals surface area contributed by atoms with E-state index in [4.69, 9.17) is 4.74 Å². The third-order valence-electron chi connectivity index (χ3n) is 4.86. The highest BCUT2D eigenvalue weighted by Gasteiger charge is 2.26. The van der Waals surface area contributed by atoms with Crippen LogP contribution in [0.3, 0.4) is 0 Å². The molecule has 1 N–H and O–H groups in total. The van der Waals surface area contributed by atoms with Crippen LogP contribution >= 0.6 is 27.3 Å². The third-order valence-corrected chi connectivity index (χ3v) is 6.56. The first-order valence-corrected chi connectivity index (χ1v) is 10.8. The van der Waals surface area contributed by atoms with Crippen LogP contribution in [0.4, 0.5) is 5.69 Å². The number of fused-ring (bicyclic) bond motifs is 2. The summed E-state index contributed by atoms with van der Waals surface area (Å²) in [4.78, 5) is 43.2. The molecule has 4 rings (SSSR count). The number of hydrogen-bond donors (Lipinski definition) is 1. The third kappa shape index (κ3) is 3.72. The van der Waals surface area contributed by atoms with Gasteiger partial charge in [-0.15, -0.1) is 11.3 Å². The molecule has 0 saturated carbocycles. The van der Waals surface area contributed by atoms with Crippen molar-refractivity contribution in [3.05, 3.63) is 55.4 Å². The van der Waals surface area contributed by atoms with Crippen LogP contribution in [0.15, 0.2) is 33.5 Å². The van der Waals surface area contributed by atoms with E-state index in [1.165, 1.54) is 6.92 Å². The molecule has 0 fully saturated rings. The summed E-state index contributed by atoms with van der Waals surface area (Å²) in [6, 6.07) is 7.08. The van der Waals surface area contributed by atoms with Crippen LogP contribution in [-0.4, -0.2) is 27.5 Å². The molecular formula is C20H18BrN3O4S. The number of hydrogen-bond acceptors (Lipinski definition) is 6. The maximum absolute atomic E-state index is 12.7. The molecule has 150 valence electrons. The summed E-state index contributed by atoms with van der Waals surface area (Å²) in [6.45, 7) is 3.88. The Hall–Kier alpha value is -2.52. The standard InChI is InChI=1S/C20H18BrN3O4S/c1-10-15-18(23-14-4-3-9-24(14)19(15)26)29-16(10)20(27)28-11(2)17(25)22-13-7-5-12(21)6-8-13/h5-8,11H,3-4,9H2,1-2H3,(H,22,25). The number of carbonyl (C=O) groups is 2. The van der Waals surface area contributed by atoms with Crippen molar-refractivity contribution < 1.29 is 14.3 Å². The molecule has 0 spiro atoms. The highest BCUT2D eigenvalue weighted by molar-refractivity contribution is 9.10. The summed E-state index contributed by atoms with van der Waals surface area (Å²) in [6.07, 6.45) is 0.669. The predicted molar refractivity (Wildman–Crippen MR) is 115 cm³/mol. The summed E-state index contributed by atoms with van der Waals surface area (Å²) in [5, 5.41) is 3.16. The lowest BCUT2D eigenvalue weighted by atomic mass is 10.2. The molecule has 1 aliphatic heterocycles. The Labute approximate surface area is 178 Å². The number of nitrogens with one attached hydrogen (secondary N) is 1. The minimum Gasteiger partial charge on any atom is -0.448 e. The lowest BCUT2D eigenvalue weighted by Gasteiger charge is -2.13. The zero-order chi connectivity index (χ0) is 20.7. The number of aryl methyl sites for hydroxylation is 2. The Morgan fingerprint density at radius 2 is 2.03 bits per heavy atom. The van der Waals surface area contributed by atoms with Gasteiger partial charge in [0.1, 0.15) is 15.5 Å². The van der Waals surface area contributed by atoms with E-state index < -0.39 is 18.0 Å². The molecule has 0 aliphatic carbocycles. The zero-order valence-corrected chi connectivity index (χ0v) is 18.2. The molecule has 2 aromatic heterocycles. The van der Waals surface area contributed by atoms with Gasteiger partial charge in [-0.1, -0.05) is 15.9 Å². The summed E-state index contributed by atoms with van der Waals surface area (Å²) in [5.41, 5.74) is 1.04. The minimum absolute atomic E-state index is 0.115. The highest BCUT2D eigenvalue weighted by atomic mass is 79.9. The normalized spacial score (nSPS) is 13.9. The van der Waals surface area contributed by atoms with Gasteiger partial charge in [-0.05, 0) is 50.1 Å². The molecule has 9 heteroatoms. The van der Waals surface area contributed by atoms with Crippen LogP contribution in [0.2, 0.25) is 0 Å². The van der Waals surface area contributed by atoms with Gasteiger partial charge in [-0.2, -0.15) is 0 Å². The van der Waals surface area contributed by atoms with E-state index in [1.54, 1.807) is 35.8 Å². The van der Waals surface area contributed by atoms with Gasteiger partial charge in [-0.25, -0.2) is 9.78 Å². The fourth-order valence-electron chi connectivity index (χ4n) is 3.31. The fourth-order valence-corrected chi connectivity index (χ4v) is 4.65. The molecule has 0 saturated heterocycles. The van der Waals surface area contributed by atoms with Crippen molar-refractivity contribution in [2.24, 2.45) is 0 Å². The number of ether oxygens (including phenoxy) is 1. The molecule has 3 aromatic rings. The van der Waals surface area contributed by atoms with Crippen molar-refractivity contribution in [3.63, 3.8) is 0 Å². The average molecular weight is 476 g/mol. The van der Waals surface area contributed by atoms with Gasteiger partial charge in [0.25, 0.3) is 11.5 Å². The fraction of sp³-hybridized carbons (Fsp3) is 0.300. The van der Waals surface area contributed by atoms with E-state index in [0.717, 1.165) is 34.5 Å². The zero-order valence-electron chi connectivity index (χ0n) is 15.8. The van der Waals surface area contributed by atoms with Crippen molar-refractivity contribution in [2.75, 3.05) is 5.32 Å². The number of carbonyl (C=O) groups excluding carboxylic acids is 2. The van der Waals surface area contributed by atoms with Crippen LogP contribution in [0.5, 0.6) is 0 Å². The molecule has 1 aliphatic rings. The molecule has 0 radical (unpaired) electrons. The Balaban J connectivity index is 1.53. The molecule has 7 nitrogen and oxygen atoms in total. The lowest BCUT2D eigenvalue weighted by Crippen LogP contribution is -2.30. The smallest absolute Gasteiger partial charge is 0.349 e. The quantitative estimate of drug-likeness (QED) is 0.581. The molecular weight excluding hydrogens is 458 g/mol. The topological polar surface area (TPSA) is 90.3 Å². The molecule has 29 heavy (non-hydrogen) atoms. The van der Waals surface area contributed by atoms with Crippen LogP contribution in [0, 0.1) is 6.92 Å². The first kappa shape index (κ1) is 19.8. The van der Waals surface area contributed by atoms with Crippen molar-refractivity contribution in [1.82, 2.24) is 9.55 Å². The van der Waals surface area contributed by atoms with Crippen LogP contribution in [0.25, 0.3) is 10.2 Å². The summed E-state index contributed by atoms with van der Waals surface area (Å²) in [5.74, 6) is -0.309. The highest BCUT2D eigenvalue weighted by Crippen LogP contribution is 2.29. The van der Waals surface area contributed by atoms with Crippen molar-refractivity contribution in [2.45, 2.75) is 39.3 Å². The maximum Gasteiger partial charge on any atom is 0.349 e. The van der Waals surface area contributed by atoms with Crippen molar-refractivity contribution in [1.29, 1.82) is 0 Å². The van der Waals surface area contributed by atoms with Crippen LogP contribution in [0.1, 0.15) is 34.4 Å². The van der Waals surface area contributed by atoms with Gasteiger partial charge in [0.15, 0.2) is 6.10 Å². The Morgan fingerprint density at radius 3 is 2.76 bits per heavy atom. The van der Waals surface area contributed by atoms with Gasteiger partial charge in [-0.3, -0.25) is 14.2 Å². The Morgan fingerprint density at radius 1 is 1.31 bits per heavy atom. The predicted octanol–water partition coefficient (Wildman–Crippen LogP) is 3.66. The molecule has 1 unspecified atom stereocenters. The molecule has 1 aromatic carbocycles. The van der Waals surface area contributed by atoms with Crippen LogP contribution in [-0.2, 0) is 22.5 Å². The van der Waals surface area contributed by atoms with E-state index in [-0.39, 0.29) is 5.56 Å². The lowest BCUT2D eigenvalue weighted by molar-refractivity contribution is -0.123. The number of anilines is 1. The van der Waals surface area contributed by atoms with E-state index in [9.17, 15) is 14.4 Å². The molecule has 3 heterocycles. The molecule has 0 bridgehead atoms. The van der Waals surface area contributed by atoms with Gasteiger partial charge < -0.3 is 10.1 Å². The summed E-state index contributed by atoms with van der Waals surface area (Å²) >= 11 is 4.47. The number of benzene rings is 1. The molecule has 1 atom stereocenters. The van der Waals surface area contributed by atoms with E-state index in [1.807, 2.05) is 0 Å². The second-order valence-electron chi connectivity index (χ2n) is 6.87. The SMILES string of the molecule is Cc1c(C(=O)OC(C)C(=O)Nc2ccc(Br)cc2)sc2nc3n(c(=O)c12)CCC3. The Bertz CT molecular complexity index is 1180. The molecule has 1 amide bonds. The first-order valence-electron chi connectivity index (χ1n) is 9.15. The van der Waals surface area contributed by atoms with E-state index in [2.05, 4.69) is 26.2 Å². The van der Waals surface area contributed by atoms with E-state index in [0.29, 0.717) is 32.9 Å². The van der Waals surface area contributed by atoms with Gasteiger partial charge in [0.05, 0.1) is 5.39 Å². The number of aromatic nitrogens is 2. The number of amides is 1. The maximum atomic E-state index is 12.7. The summed E-state index contributed by atoms with van der Waals surface area (Å²) in [7, 11) is 0. The van der Waals surface area contributed by atoms with Gasteiger partial charge >= 0.3 is 5.97 Å². The number of halogens is 1. The average Bonchev–Trinajstić information content (AvgIpc) is 3.28. The van der Waals surface area contributed by atoms with Gasteiger partial charge in [0, 0.05) is 23.1 Å². The number of rotatable bonds is 4. The number of nitrogens with zero attached hydrogens (tertiary/aromatic N) is 2. The first-order chi connectivity index (χ1) is 13.8. The summed E-state index contributed by atoms with van der Waals surface area (Å²) < 4.78 is 7.92.